The molecule has 6 rings (SSSR count). The summed E-state index contributed by atoms with van der Waals surface area (Å²) < 4.78 is 5.86. The van der Waals surface area contributed by atoms with Crippen molar-refractivity contribution in [3.63, 3.8) is 0 Å². The Morgan fingerprint density at radius 1 is 0.923 bits per heavy atom. The number of halogens is 1. The lowest BCUT2D eigenvalue weighted by atomic mass is 9.94. The summed E-state index contributed by atoms with van der Waals surface area (Å²) >= 11 is 6.56. The van der Waals surface area contributed by atoms with Crippen molar-refractivity contribution in [2.45, 2.75) is 12.8 Å². The van der Waals surface area contributed by atoms with Crippen LogP contribution in [-0.2, 0) is 4.79 Å². The van der Waals surface area contributed by atoms with Crippen LogP contribution < -0.4 is 15.0 Å². The first-order valence-corrected chi connectivity index (χ1v) is 13.6. The van der Waals surface area contributed by atoms with E-state index in [9.17, 15) is 9.59 Å². The van der Waals surface area contributed by atoms with Gasteiger partial charge in [-0.05, 0) is 37.1 Å². The number of carbonyl (C=O) groups excluding carboxylic acids is 2. The van der Waals surface area contributed by atoms with Crippen molar-refractivity contribution < 1.29 is 14.3 Å². The van der Waals surface area contributed by atoms with E-state index in [1.165, 1.54) is 6.33 Å². The molecule has 2 saturated heterocycles. The second kappa shape index (κ2) is 11.0. The quantitative estimate of drug-likeness (QED) is 0.349. The average Bonchev–Trinajstić information content (AvgIpc) is 3.42. The molecule has 2 aliphatic rings. The van der Waals surface area contributed by atoms with Crippen molar-refractivity contribution in [2.75, 3.05) is 44.2 Å². The molecule has 2 aromatic heterocycles. The van der Waals surface area contributed by atoms with Gasteiger partial charge in [-0.15, -0.1) is 0 Å². The molecule has 4 aromatic rings. The summed E-state index contributed by atoms with van der Waals surface area (Å²) in [6, 6.07) is 14.5. The van der Waals surface area contributed by atoms with E-state index in [4.69, 9.17) is 16.3 Å². The van der Waals surface area contributed by atoms with E-state index < -0.39 is 0 Å². The highest BCUT2D eigenvalue weighted by molar-refractivity contribution is 6.35. The Labute approximate surface area is 231 Å². The molecule has 2 aliphatic heterocycles. The van der Waals surface area contributed by atoms with Gasteiger partial charge in [-0.1, -0.05) is 29.8 Å². The van der Waals surface area contributed by atoms with Crippen LogP contribution in [0, 0.1) is 5.92 Å². The molecule has 9 nitrogen and oxygen atoms in total. The summed E-state index contributed by atoms with van der Waals surface area (Å²) in [4.78, 5) is 42.9. The zero-order valence-corrected chi connectivity index (χ0v) is 22.2. The molecule has 0 saturated carbocycles. The fourth-order valence-corrected chi connectivity index (χ4v) is 5.62. The van der Waals surface area contributed by atoms with E-state index >= 15 is 0 Å². The lowest BCUT2D eigenvalue weighted by Crippen LogP contribution is -2.50. The van der Waals surface area contributed by atoms with E-state index in [0.29, 0.717) is 57.6 Å². The van der Waals surface area contributed by atoms with Gasteiger partial charge in [0.15, 0.2) is 5.78 Å². The number of H-pyrrole nitrogens is 1. The molecule has 2 aromatic carbocycles. The van der Waals surface area contributed by atoms with Crippen molar-refractivity contribution in [1.82, 2.24) is 25.2 Å². The number of hydrogen-bond donors (Lipinski definition) is 2. The van der Waals surface area contributed by atoms with Gasteiger partial charge in [0, 0.05) is 63.0 Å². The number of rotatable bonds is 6. The maximum atomic E-state index is 13.7. The molecular weight excluding hydrogens is 516 g/mol. The molecule has 2 N–H and O–H groups in total. The van der Waals surface area contributed by atoms with E-state index in [1.54, 1.807) is 24.4 Å². The Hall–Kier alpha value is -3.95. The minimum atomic E-state index is -0.225. The molecule has 2 fully saturated rings. The summed E-state index contributed by atoms with van der Waals surface area (Å²) in [6.07, 6.45) is 4.66. The van der Waals surface area contributed by atoms with Crippen LogP contribution in [0.25, 0.3) is 11.0 Å². The fourth-order valence-electron chi connectivity index (χ4n) is 5.36. The van der Waals surface area contributed by atoms with Crippen molar-refractivity contribution in [1.29, 1.82) is 0 Å². The Morgan fingerprint density at radius 3 is 2.44 bits per heavy atom. The van der Waals surface area contributed by atoms with Crippen LogP contribution >= 0.6 is 11.6 Å². The van der Waals surface area contributed by atoms with Crippen LogP contribution in [0.2, 0.25) is 5.02 Å². The van der Waals surface area contributed by atoms with Gasteiger partial charge in [0.25, 0.3) is 0 Å². The number of nitrogens with zero attached hydrogens (tertiary/aromatic N) is 4. The SMILES string of the molecule is O=C(c1ccc(Oc2ccccc2)cc1Cl)c1c[nH]c2ncnc(N3CCC(C(=O)N4CCNCC4)CC3)c12. The Kier molecular flexibility index (Phi) is 7.17. The number of ketones is 1. The number of piperidine rings is 1. The first-order valence-electron chi connectivity index (χ1n) is 13.2. The number of fused-ring (bicyclic) bond motifs is 1. The van der Waals surface area contributed by atoms with Crippen LogP contribution in [-0.4, -0.2) is 70.8 Å². The van der Waals surface area contributed by atoms with Crippen LogP contribution in [0.3, 0.4) is 0 Å². The van der Waals surface area contributed by atoms with Crippen LogP contribution in [0.15, 0.2) is 61.1 Å². The van der Waals surface area contributed by atoms with Crippen molar-refractivity contribution >= 4 is 40.1 Å². The fraction of sp³-hybridized carbons (Fsp3) is 0.310. The van der Waals surface area contributed by atoms with Crippen LogP contribution in [0.5, 0.6) is 11.5 Å². The average molecular weight is 545 g/mol. The third-order valence-electron chi connectivity index (χ3n) is 7.43. The minimum absolute atomic E-state index is 0.0134. The molecule has 10 heteroatoms. The molecule has 200 valence electrons. The molecule has 1 amide bonds. The number of aromatic amines is 1. The summed E-state index contributed by atoms with van der Waals surface area (Å²) in [5.74, 6) is 1.96. The first kappa shape index (κ1) is 25.3. The predicted molar refractivity (Wildman–Crippen MR) is 150 cm³/mol. The Bertz CT molecular complexity index is 1490. The number of piperazine rings is 1. The standard InChI is InChI=1S/C29H29ClN6O3/c30-24-16-21(39-20-4-2-1-3-5-20)6-7-22(24)26(37)23-17-32-27-25(23)28(34-18-33-27)35-12-8-19(9-13-35)29(38)36-14-10-31-11-15-36/h1-7,16-19,31H,8-15H2,(H,32,33,34). The molecule has 4 heterocycles. The molecular formula is C29H29ClN6O3. The van der Waals surface area contributed by atoms with Crippen molar-refractivity contribution in [2.24, 2.45) is 5.92 Å². The van der Waals surface area contributed by atoms with E-state index in [0.717, 1.165) is 39.0 Å². The number of ether oxygens (including phenoxy) is 1. The van der Waals surface area contributed by atoms with E-state index in [2.05, 4.69) is 25.2 Å². The lowest BCUT2D eigenvalue weighted by Gasteiger charge is -2.36. The Morgan fingerprint density at radius 2 is 1.69 bits per heavy atom. The van der Waals surface area contributed by atoms with Crippen LogP contribution in [0.4, 0.5) is 5.82 Å². The van der Waals surface area contributed by atoms with Gasteiger partial charge < -0.3 is 24.8 Å². The number of aromatic nitrogens is 3. The highest BCUT2D eigenvalue weighted by atomic mass is 35.5. The minimum Gasteiger partial charge on any atom is -0.457 e. The zero-order chi connectivity index (χ0) is 26.8. The highest BCUT2D eigenvalue weighted by Gasteiger charge is 2.31. The van der Waals surface area contributed by atoms with Gasteiger partial charge >= 0.3 is 0 Å². The summed E-state index contributed by atoms with van der Waals surface area (Å²) in [5, 5.41) is 4.26. The number of anilines is 1. The number of hydrogen-bond acceptors (Lipinski definition) is 7. The molecule has 0 atom stereocenters. The third kappa shape index (κ3) is 5.20. The molecule has 0 radical (unpaired) electrons. The number of para-hydroxylation sites is 1. The second-order valence-electron chi connectivity index (χ2n) is 9.85. The zero-order valence-electron chi connectivity index (χ0n) is 21.4. The molecule has 0 unspecified atom stereocenters. The van der Waals surface area contributed by atoms with Gasteiger partial charge in [-0.25, -0.2) is 9.97 Å². The molecule has 0 aliphatic carbocycles. The highest BCUT2D eigenvalue weighted by Crippen LogP contribution is 2.34. The predicted octanol–water partition coefficient (Wildman–Crippen LogP) is 4.28. The number of benzene rings is 2. The molecule has 39 heavy (non-hydrogen) atoms. The number of amides is 1. The third-order valence-corrected chi connectivity index (χ3v) is 7.74. The lowest BCUT2D eigenvalue weighted by molar-refractivity contribution is -0.136. The van der Waals surface area contributed by atoms with Gasteiger partial charge in [-0.3, -0.25) is 9.59 Å². The maximum Gasteiger partial charge on any atom is 0.225 e. The summed E-state index contributed by atoms with van der Waals surface area (Å²) in [6.45, 7) is 4.59. The Balaban J connectivity index is 1.21. The van der Waals surface area contributed by atoms with Gasteiger partial charge in [0.2, 0.25) is 5.91 Å². The summed E-state index contributed by atoms with van der Waals surface area (Å²) in [7, 11) is 0. The summed E-state index contributed by atoms with van der Waals surface area (Å²) in [5.41, 5.74) is 1.41. The van der Waals surface area contributed by atoms with Gasteiger partial charge in [0.1, 0.15) is 29.3 Å². The normalized spacial score (nSPS) is 16.4. The second-order valence-corrected chi connectivity index (χ2v) is 10.3. The van der Waals surface area contributed by atoms with E-state index in [-0.39, 0.29) is 17.6 Å². The van der Waals surface area contributed by atoms with E-state index in [1.807, 2.05) is 35.2 Å². The monoisotopic (exact) mass is 544 g/mol. The molecule has 0 spiro atoms. The van der Waals surface area contributed by atoms with Gasteiger partial charge in [-0.2, -0.15) is 0 Å². The maximum absolute atomic E-state index is 13.7. The van der Waals surface area contributed by atoms with Crippen LogP contribution in [0.1, 0.15) is 28.8 Å². The van der Waals surface area contributed by atoms with Crippen molar-refractivity contribution in [3.05, 3.63) is 77.2 Å². The number of nitrogens with one attached hydrogen (secondary N) is 2. The molecule has 0 bridgehead atoms. The smallest absolute Gasteiger partial charge is 0.225 e. The topological polar surface area (TPSA) is 103 Å². The first-order chi connectivity index (χ1) is 19.1. The number of carbonyl (C=O) groups is 2. The van der Waals surface area contributed by atoms with Gasteiger partial charge in [0.05, 0.1) is 16.0 Å². The largest absolute Gasteiger partial charge is 0.457 e. The van der Waals surface area contributed by atoms with Crippen molar-refractivity contribution in [3.8, 4) is 11.5 Å².